The van der Waals surface area contributed by atoms with Crippen molar-refractivity contribution >= 4 is 15.9 Å². The van der Waals surface area contributed by atoms with Crippen LogP contribution in [0.25, 0.3) is 0 Å². The van der Waals surface area contributed by atoms with Gasteiger partial charge in [-0.1, -0.05) is 6.92 Å². The van der Waals surface area contributed by atoms with Crippen molar-refractivity contribution in [1.29, 1.82) is 0 Å². The predicted molar refractivity (Wildman–Crippen MR) is 60.0 cm³/mol. The van der Waals surface area contributed by atoms with Gasteiger partial charge in [0.15, 0.2) is 0 Å². The van der Waals surface area contributed by atoms with Crippen molar-refractivity contribution in [2.24, 2.45) is 13.0 Å². The number of aryl methyl sites for hydroxylation is 1. The summed E-state index contributed by atoms with van der Waals surface area (Å²) in [6.07, 6.45) is 4.56. The van der Waals surface area contributed by atoms with E-state index in [0.29, 0.717) is 6.04 Å². The van der Waals surface area contributed by atoms with Gasteiger partial charge in [-0.15, -0.1) is 0 Å². The summed E-state index contributed by atoms with van der Waals surface area (Å²) in [7, 11) is 2.01. The molecule has 1 unspecified atom stereocenters. The highest BCUT2D eigenvalue weighted by Gasteiger charge is 2.34. The Labute approximate surface area is 93.0 Å². The minimum absolute atomic E-state index is 0.474. The summed E-state index contributed by atoms with van der Waals surface area (Å²) in [6, 6.07) is 0.474. The smallest absolute Gasteiger partial charge is 0.0695 e. The molecule has 1 aromatic rings. The van der Waals surface area contributed by atoms with Crippen molar-refractivity contribution in [3.63, 3.8) is 0 Å². The van der Waals surface area contributed by atoms with Gasteiger partial charge < -0.3 is 5.32 Å². The quantitative estimate of drug-likeness (QED) is 0.897. The molecule has 0 spiro atoms. The molecule has 4 heteroatoms. The fraction of sp³-hybridized carbons (Fsp3) is 0.700. The van der Waals surface area contributed by atoms with Gasteiger partial charge in [-0.05, 0) is 41.2 Å². The highest BCUT2D eigenvalue weighted by molar-refractivity contribution is 9.10. The second kappa shape index (κ2) is 4.03. The van der Waals surface area contributed by atoms with Crippen LogP contribution >= 0.6 is 15.9 Å². The third kappa shape index (κ3) is 1.86. The van der Waals surface area contributed by atoms with Gasteiger partial charge in [-0.3, -0.25) is 4.68 Å². The summed E-state index contributed by atoms with van der Waals surface area (Å²) < 4.78 is 3.09. The second-order valence-electron chi connectivity index (χ2n) is 3.87. The minimum Gasteiger partial charge on any atom is -0.309 e. The van der Waals surface area contributed by atoms with E-state index in [-0.39, 0.29) is 0 Å². The largest absolute Gasteiger partial charge is 0.309 e. The van der Waals surface area contributed by atoms with Gasteiger partial charge in [0.2, 0.25) is 0 Å². The predicted octanol–water partition coefficient (Wildman–Crippen LogP) is 2.24. The molecule has 0 aliphatic heterocycles. The zero-order valence-electron chi connectivity index (χ0n) is 8.63. The maximum Gasteiger partial charge on any atom is 0.0695 e. The van der Waals surface area contributed by atoms with E-state index in [2.05, 4.69) is 33.3 Å². The molecule has 1 heterocycles. The molecule has 1 N–H and O–H groups in total. The molecule has 1 aliphatic carbocycles. The van der Waals surface area contributed by atoms with Crippen molar-refractivity contribution in [2.75, 3.05) is 6.54 Å². The number of rotatable bonds is 4. The molecule has 0 aromatic carbocycles. The molecule has 1 fully saturated rings. The lowest BCUT2D eigenvalue weighted by atomic mass is 10.1. The lowest BCUT2D eigenvalue weighted by molar-refractivity contribution is 0.461. The molecule has 2 rings (SSSR count). The van der Waals surface area contributed by atoms with E-state index >= 15 is 0 Å². The third-order valence-corrected chi connectivity index (χ3v) is 3.36. The van der Waals surface area contributed by atoms with E-state index in [1.807, 2.05) is 17.9 Å². The molecule has 14 heavy (non-hydrogen) atoms. The fourth-order valence-corrected chi connectivity index (χ4v) is 2.50. The summed E-state index contributed by atoms with van der Waals surface area (Å²) >= 11 is 3.56. The first kappa shape index (κ1) is 10.2. The maximum atomic E-state index is 4.26. The lowest BCUT2D eigenvalue weighted by Gasteiger charge is -2.18. The number of aromatic nitrogens is 2. The Morgan fingerprint density at radius 1 is 1.71 bits per heavy atom. The van der Waals surface area contributed by atoms with E-state index in [0.717, 1.165) is 16.9 Å². The molecular weight excluding hydrogens is 242 g/mol. The summed E-state index contributed by atoms with van der Waals surface area (Å²) in [6.45, 7) is 3.17. The zero-order valence-corrected chi connectivity index (χ0v) is 10.2. The fourth-order valence-electron chi connectivity index (χ4n) is 1.91. The van der Waals surface area contributed by atoms with Crippen LogP contribution in [0.2, 0.25) is 0 Å². The number of hydrogen-bond acceptors (Lipinski definition) is 2. The van der Waals surface area contributed by atoms with E-state index < -0.39 is 0 Å². The first-order chi connectivity index (χ1) is 6.74. The molecule has 0 radical (unpaired) electrons. The highest BCUT2D eigenvalue weighted by atomic mass is 79.9. The first-order valence-electron chi connectivity index (χ1n) is 5.14. The minimum atomic E-state index is 0.474. The Morgan fingerprint density at radius 3 is 2.86 bits per heavy atom. The van der Waals surface area contributed by atoms with Crippen LogP contribution in [0.5, 0.6) is 0 Å². The average Bonchev–Trinajstić information content (AvgIpc) is 2.92. The Bertz CT molecular complexity index is 298. The maximum absolute atomic E-state index is 4.26. The van der Waals surface area contributed by atoms with Crippen LogP contribution in [0.15, 0.2) is 10.7 Å². The van der Waals surface area contributed by atoms with Crippen LogP contribution in [0, 0.1) is 5.92 Å². The second-order valence-corrected chi connectivity index (χ2v) is 4.73. The molecule has 0 bridgehead atoms. The molecule has 78 valence electrons. The average molecular weight is 258 g/mol. The van der Waals surface area contributed by atoms with Gasteiger partial charge in [0.25, 0.3) is 0 Å². The number of nitrogens with zero attached hydrogens (tertiary/aromatic N) is 2. The van der Waals surface area contributed by atoms with Crippen molar-refractivity contribution < 1.29 is 0 Å². The van der Waals surface area contributed by atoms with E-state index in [1.165, 1.54) is 18.5 Å². The van der Waals surface area contributed by atoms with Crippen molar-refractivity contribution in [3.05, 3.63) is 16.4 Å². The van der Waals surface area contributed by atoms with Crippen molar-refractivity contribution in [2.45, 2.75) is 25.8 Å². The Kier molecular flexibility index (Phi) is 2.93. The molecule has 1 aliphatic rings. The molecule has 1 saturated carbocycles. The van der Waals surface area contributed by atoms with Gasteiger partial charge >= 0.3 is 0 Å². The molecular formula is C10H16BrN3. The monoisotopic (exact) mass is 257 g/mol. The van der Waals surface area contributed by atoms with E-state index in [9.17, 15) is 0 Å². The zero-order chi connectivity index (χ0) is 10.1. The Hall–Kier alpha value is -0.350. The van der Waals surface area contributed by atoms with Crippen LogP contribution < -0.4 is 5.32 Å². The number of nitrogens with one attached hydrogen (secondary N) is 1. The van der Waals surface area contributed by atoms with Crippen molar-refractivity contribution in [3.8, 4) is 0 Å². The van der Waals surface area contributed by atoms with Gasteiger partial charge in [0.05, 0.1) is 22.4 Å². The van der Waals surface area contributed by atoms with Gasteiger partial charge in [-0.2, -0.15) is 5.10 Å². The number of hydrogen-bond donors (Lipinski definition) is 1. The highest BCUT2D eigenvalue weighted by Crippen LogP contribution is 2.42. The molecule has 3 nitrogen and oxygen atoms in total. The van der Waals surface area contributed by atoms with Gasteiger partial charge in [0.1, 0.15) is 0 Å². The normalized spacial score (nSPS) is 18.5. The molecule has 1 atom stereocenters. The first-order valence-corrected chi connectivity index (χ1v) is 5.94. The van der Waals surface area contributed by atoms with E-state index in [4.69, 9.17) is 0 Å². The van der Waals surface area contributed by atoms with Crippen LogP contribution in [-0.2, 0) is 7.05 Å². The lowest BCUT2D eigenvalue weighted by Crippen LogP contribution is -2.25. The summed E-state index contributed by atoms with van der Waals surface area (Å²) in [4.78, 5) is 0. The SMILES string of the molecule is CCNC(c1c(Br)cnn1C)C1CC1. The van der Waals surface area contributed by atoms with Gasteiger partial charge in [-0.25, -0.2) is 0 Å². The summed E-state index contributed by atoms with van der Waals surface area (Å²) in [5.41, 5.74) is 1.29. The topological polar surface area (TPSA) is 29.9 Å². The van der Waals surface area contributed by atoms with Crippen LogP contribution in [0.3, 0.4) is 0 Å². The Balaban J connectivity index is 2.24. The summed E-state index contributed by atoms with van der Waals surface area (Å²) in [5, 5.41) is 7.80. The molecule has 1 aromatic heterocycles. The van der Waals surface area contributed by atoms with Crippen LogP contribution in [-0.4, -0.2) is 16.3 Å². The summed E-state index contributed by atoms with van der Waals surface area (Å²) in [5.74, 6) is 0.807. The Morgan fingerprint density at radius 2 is 2.43 bits per heavy atom. The number of halogens is 1. The molecule has 0 amide bonds. The molecule has 0 saturated heterocycles. The van der Waals surface area contributed by atoms with Crippen LogP contribution in [0.4, 0.5) is 0 Å². The van der Waals surface area contributed by atoms with Crippen molar-refractivity contribution in [1.82, 2.24) is 15.1 Å². The van der Waals surface area contributed by atoms with Gasteiger partial charge in [0, 0.05) is 7.05 Å². The third-order valence-electron chi connectivity index (χ3n) is 2.75. The van der Waals surface area contributed by atoms with Crippen LogP contribution in [0.1, 0.15) is 31.5 Å². The van der Waals surface area contributed by atoms with E-state index in [1.54, 1.807) is 0 Å². The standard InChI is InChI=1S/C10H16BrN3/c1-3-12-9(7-4-5-7)10-8(11)6-13-14(10)2/h6-7,9,12H,3-5H2,1-2H3.